The molecule has 1 N–H and O–H groups in total. The molecule has 0 saturated heterocycles. The Hall–Kier alpha value is -3.25. The van der Waals surface area contributed by atoms with E-state index in [2.05, 4.69) is 10.3 Å². The zero-order valence-electron chi connectivity index (χ0n) is 15.7. The molecule has 0 aliphatic rings. The predicted octanol–water partition coefficient (Wildman–Crippen LogP) is 4.54. The van der Waals surface area contributed by atoms with Crippen molar-refractivity contribution >= 4 is 17.2 Å². The Bertz CT molecular complexity index is 1100. The van der Waals surface area contributed by atoms with Gasteiger partial charge in [0.05, 0.1) is 17.8 Å². The number of aromatic nitrogens is 3. The highest BCUT2D eigenvalue weighted by atomic mass is 32.1. The van der Waals surface area contributed by atoms with Crippen molar-refractivity contribution in [1.29, 1.82) is 0 Å². The second-order valence-electron chi connectivity index (χ2n) is 6.58. The van der Waals surface area contributed by atoms with E-state index in [9.17, 15) is 4.79 Å². The molecule has 0 unspecified atom stereocenters. The van der Waals surface area contributed by atoms with Crippen LogP contribution in [-0.4, -0.2) is 20.7 Å². The van der Waals surface area contributed by atoms with E-state index >= 15 is 0 Å². The first-order valence-electron chi connectivity index (χ1n) is 9.02. The molecule has 0 spiro atoms. The summed E-state index contributed by atoms with van der Waals surface area (Å²) < 4.78 is 1.75. The number of carbonyl (C=O) groups excluding carboxylic acids is 1. The molecule has 0 fully saturated rings. The van der Waals surface area contributed by atoms with Gasteiger partial charge in [-0.25, -0.2) is 9.67 Å². The third-order valence-electron chi connectivity index (χ3n) is 4.37. The van der Waals surface area contributed by atoms with Crippen molar-refractivity contribution in [1.82, 2.24) is 20.1 Å². The number of carbonyl (C=O) groups is 1. The van der Waals surface area contributed by atoms with E-state index in [0.717, 1.165) is 21.1 Å². The van der Waals surface area contributed by atoms with Crippen LogP contribution in [0.3, 0.4) is 0 Å². The summed E-state index contributed by atoms with van der Waals surface area (Å²) in [5, 5.41) is 8.56. The van der Waals surface area contributed by atoms with Crippen molar-refractivity contribution in [2.75, 3.05) is 0 Å². The van der Waals surface area contributed by atoms with Crippen molar-refractivity contribution in [3.05, 3.63) is 88.0 Å². The minimum atomic E-state index is -0.162. The molecular weight excluding hydrogens is 368 g/mol. The summed E-state index contributed by atoms with van der Waals surface area (Å²) in [5.74, 6) is -0.162. The Labute approximate surface area is 167 Å². The summed E-state index contributed by atoms with van der Waals surface area (Å²) in [6.07, 6.45) is 3.60. The van der Waals surface area contributed by atoms with Crippen molar-refractivity contribution < 1.29 is 4.79 Å². The highest BCUT2D eigenvalue weighted by Crippen LogP contribution is 2.24. The Kier molecular flexibility index (Phi) is 5.04. The van der Waals surface area contributed by atoms with Gasteiger partial charge in [0.1, 0.15) is 10.7 Å². The van der Waals surface area contributed by atoms with E-state index in [1.54, 1.807) is 22.2 Å². The molecule has 28 heavy (non-hydrogen) atoms. The first-order valence-corrected chi connectivity index (χ1v) is 9.83. The predicted molar refractivity (Wildman–Crippen MR) is 112 cm³/mol. The van der Waals surface area contributed by atoms with Gasteiger partial charge in [-0.2, -0.15) is 5.10 Å². The molecule has 4 aromatic rings. The number of rotatable bonds is 5. The molecule has 0 saturated carbocycles. The number of benzene rings is 2. The Morgan fingerprint density at radius 1 is 1.07 bits per heavy atom. The maximum atomic E-state index is 12.9. The number of hydrogen-bond acceptors (Lipinski definition) is 4. The average molecular weight is 388 g/mol. The minimum Gasteiger partial charge on any atom is -0.345 e. The molecule has 2 aromatic carbocycles. The zero-order chi connectivity index (χ0) is 19.5. The molecule has 2 heterocycles. The zero-order valence-corrected chi connectivity index (χ0v) is 16.5. The number of nitrogens with one attached hydrogen (secondary N) is 1. The SMILES string of the molecule is Cc1ccc(-n2cc(C(=O)NCc3ncc(C)s3)c(-c3ccccc3)n2)cc1. The number of amides is 1. The lowest BCUT2D eigenvalue weighted by molar-refractivity contribution is 0.0951. The van der Waals surface area contributed by atoms with E-state index < -0.39 is 0 Å². The first-order chi connectivity index (χ1) is 13.6. The van der Waals surface area contributed by atoms with Crippen molar-refractivity contribution in [3.8, 4) is 16.9 Å². The lowest BCUT2D eigenvalue weighted by Crippen LogP contribution is -2.22. The average Bonchev–Trinajstić information content (AvgIpc) is 3.34. The van der Waals surface area contributed by atoms with Crippen LogP contribution in [0.1, 0.15) is 25.8 Å². The van der Waals surface area contributed by atoms with Crippen LogP contribution in [0.5, 0.6) is 0 Å². The van der Waals surface area contributed by atoms with E-state index in [0.29, 0.717) is 17.8 Å². The van der Waals surface area contributed by atoms with E-state index in [-0.39, 0.29) is 5.91 Å². The van der Waals surface area contributed by atoms with E-state index in [4.69, 9.17) is 5.10 Å². The third-order valence-corrected chi connectivity index (χ3v) is 5.29. The topological polar surface area (TPSA) is 59.8 Å². The fourth-order valence-electron chi connectivity index (χ4n) is 2.91. The van der Waals surface area contributed by atoms with Gasteiger partial charge in [-0.05, 0) is 26.0 Å². The molecular formula is C22H20N4OS. The second kappa shape index (κ2) is 7.78. The normalized spacial score (nSPS) is 10.8. The monoisotopic (exact) mass is 388 g/mol. The molecule has 0 radical (unpaired) electrons. The van der Waals surface area contributed by atoms with Crippen LogP contribution in [0.2, 0.25) is 0 Å². The van der Waals surface area contributed by atoms with Gasteiger partial charge in [0, 0.05) is 22.8 Å². The fourth-order valence-corrected chi connectivity index (χ4v) is 3.64. The van der Waals surface area contributed by atoms with Crippen LogP contribution in [0.15, 0.2) is 67.0 Å². The van der Waals surface area contributed by atoms with E-state index in [1.807, 2.05) is 74.6 Å². The number of thiazole rings is 1. The molecule has 0 atom stereocenters. The smallest absolute Gasteiger partial charge is 0.255 e. The molecule has 4 rings (SSSR count). The Morgan fingerprint density at radius 3 is 2.50 bits per heavy atom. The first kappa shape index (κ1) is 18.1. The number of hydrogen-bond donors (Lipinski definition) is 1. The maximum absolute atomic E-state index is 12.9. The lowest BCUT2D eigenvalue weighted by atomic mass is 10.1. The summed E-state index contributed by atoms with van der Waals surface area (Å²) in [6.45, 7) is 4.45. The van der Waals surface area contributed by atoms with Crippen molar-refractivity contribution in [2.45, 2.75) is 20.4 Å². The minimum absolute atomic E-state index is 0.162. The van der Waals surface area contributed by atoms with Gasteiger partial charge < -0.3 is 5.32 Å². The second-order valence-corrected chi connectivity index (χ2v) is 7.90. The number of aryl methyl sites for hydroxylation is 2. The summed E-state index contributed by atoms with van der Waals surface area (Å²) >= 11 is 1.58. The molecule has 2 aromatic heterocycles. The summed E-state index contributed by atoms with van der Waals surface area (Å²) in [6, 6.07) is 17.8. The molecule has 6 heteroatoms. The molecule has 5 nitrogen and oxygen atoms in total. The summed E-state index contributed by atoms with van der Waals surface area (Å²) in [4.78, 5) is 18.4. The number of nitrogens with zero attached hydrogens (tertiary/aromatic N) is 3. The molecule has 0 bridgehead atoms. The quantitative estimate of drug-likeness (QED) is 0.546. The maximum Gasteiger partial charge on any atom is 0.255 e. The highest BCUT2D eigenvalue weighted by molar-refractivity contribution is 7.11. The van der Waals surface area contributed by atoms with Gasteiger partial charge in [-0.3, -0.25) is 4.79 Å². The largest absolute Gasteiger partial charge is 0.345 e. The van der Waals surface area contributed by atoms with Gasteiger partial charge in [0.25, 0.3) is 5.91 Å². The van der Waals surface area contributed by atoms with Gasteiger partial charge in [0.15, 0.2) is 0 Å². The summed E-state index contributed by atoms with van der Waals surface area (Å²) in [7, 11) is 0. The van der Waals surface area contributed by atoms with Crippen LogP contribution in [-0.2, 0) is 6.54 Å². The molecule has 0 aliphatic heterocycles. The lowest BCUT2D eigenvalue weighted by Gasteiger charge is -2.03. The Balaban J connectivity index is 1.67. The van der Waals surface area contributed by atoms with Crippen LogP contribution >= 0.6 is 11.3 Å². The molecule has 0 aliphatic carbocycles. The van der Waals surface area contributed by atoms with Gasteiger partial charge >= 0.3 is 0 Å². The van der Waals surface area contributed by atoms with Crippen LogP contribution < -0.4 is 5.32 Å². The third kappa shape index (κ3) is 3.87. The standard InChI is InChI=1S/C22H20N4OS/c1-15-8-10-18(11-9-15)26-14-19(21(25-26)17-6-4-3-5-7-17)22(27)24-13-20-23-12-16(2)28-20/h3-12,14H,13H2,1-2H3,(H,24,27). The van der Waals surface area contributed by atoms with Crippen molar-refractivity contribution in [2.24, 2.45) is 0 Å². The van der Waals surface area contributed by atoms with Gasteiger partial charge in [-0.1, -0.05) is 48.0 Å². The van der Waals surface area contributed by atoms with Crippen LogP contribution in [0, 0.1) is 13.8 Å². The van der Waals surface area contributed by atoms with Crippen LogP contribution in [0.4, 0.5) is 0 Å². The highest BCUT2D eigenvalue weighted by Gasteiger charge is 2.18. The van der Waals surface area contributed by atoms with Crippen molar-refractivity contribution in [3.63, 3.8) is 0 Å². The van der Waals surface area contributed by atoms with Gasteiger partial charge in [0.2, 0.25) is 0 Å². The molecule has 140 valence electrons. The summed E-state index contributed by atoms with van der Waals surface area (Å²) in [5.41, 5.74) is 4.20. The van der Waals surface area contributed by atoms with Crippen LogP contribution in [0.25, 0.3) is 16.9 Å². The van der Waals surface area contributed by atoms with Gasteiger partial charge in [-0.15, -0.1) is 11.3 Å². The fraction of sp³-hybridized carbons (Fsp3) is 0.136. The molecule has 1 amide bonds. The van der Waals surface area contributed by atoms with E-state index in [1.165, 1.54) is 5.56 Å². The Morgan fingerprint density at radius 2 is 1.82 bits per heavy atom.